The molecule has 0 bridgehead atoms. The maximum Gasteiger partial charge on any atom is 0.267 e. The van der Waals surface area contributed by atoms with E-state index in [1.807, 2.05) is 0 Å². The van der Waals surface area contributed by atoms with Crippen molar-refractivity contribution in [3.05, 3.63) is 24.3 Å². The van der Waals surface area contributed by atoms with Gasteiger partial charge < -0.3 is 15.5 Å². The molecule has 0 saturated carbocycles. The van der Waals surface area contributed by atoms with E-state index in [0.717, 1.165) is 44.9 Å². The Kier molecular flexibility index (Phi) is 37.2. The van der Waals surface area contributed by atoms with Crippen molar-refractivity contribution in [1.82, 2.24) is 5.32 Å². The van der Waals surface area contributed by atoms with Gasteiger partial charge in [0.05, 0.1) is 17.9 Å². The summed E-state index contributed by atoms with van der Waals surface area (Å²) in [4.78, 5) is 12.6. The summed E-state index contributed by atoms with van der Waals surface area (Å²) >= 11 is 0. The van der Waals surface area contributed by atoms with Crippen molar-refractivity contribution >= 4 is 16.0 Å². The monoisotopic (exact) mass is 756 g/mol. The van der Waals surface area contributed by atoms with Crippen molar-refractivity contribution in [2.75, 3.05) is 5.75 Å². The van der Waals surface area contributed by atoms with Gasteiger partial charge in [0, 0.05) is 0 Å². The van der Waals surface area contributed by atoms with E-state index in [4.69, 9.17) is 0 Å². The van der Waals surface area contributed by atoms with Crippen molar-refractivity contribution in [2.45, 2.75) is 244 Å². The molecule has 8 heteroatoms. The highest BCUT2D eigenvalue weighted by atomic mass is 32.2. The van der Waals surface area contributed by atoms with E-state index in [-0.39, 0.29) is 6.42 Å². The first-order valence-corrected chi connectivity index (χ1v) is 23.8. The van der Waals surface area contributed by atoms with Crippen LogP contribution in [0.25, 0.3) is 0 Å². The van der Waals surface area contributed by atoms with Crippen LogP contribution in [0.3, 0.4) is 0 Å². The summed E-state index contributed by atoms with van der Waals surface area (Å²) in [5, 5.41) is 23.4. The van der Waals surface area contributed by atoms with E-state index in [9.17, 15) is 28.0 Å². The zero-order valence-corrected chi connectivity index (χ0v) is 34.9. The number of aliphatic hydroxyl groups excluding tert-OH is 2. The Morgan fingerprint density at radius 1 is 0.519 bits per heavy atom. The van der Waals surface area contributed by atoms with Gasteiger partial charge >= 0.3 is 0 Å². The van der Waals surface area contributed by atoms with Crippen LogP contribution in [0, 0.1) is 0 Å². The van der Waals surface area contributed by atoms with E-state index in [1.165, 1.54) is 160 Å². The Morgan fingerprint density at radius 3 is 1.21 bits per heavy atom. The van der Waals surface area contributed by atoms with Crippen LogP contribution < -0.4 is 5.32 Å². The molecule has 0 aliphatic carbocycles. The lowest BCUT2D eigenvalue weighted by atomic mass is 10.0. The molecule has 3 atom stereocenters. The molecule has 0 aromatic rings. The largest absolute Gasteiger partial charge is 0.387 e. The fraction of sp³-hybridized carbons (Fsp3) is 0.886. The topological polar surface area (TPSA) is 124 Å². The minimum Gasteiger partial charge on any atom is -0.387 e. The molecule has 0 aromatic carbocycles. The Labute approximate surface area is 322 Å². The van der Waals surface area contributed by atoms with Crippen LogP contribution in [0.15, 0.2) is 24.3 Å². The number of unbranched alkanes of at least 4 members (excludes halogenated alkanes) is 29. The van der Waals surface area contributed by atoms with E-state index in [1.54, 1.807) is 6.08 Å². The predicted octanol–water partition coefficient (Wildman–Crippen LogP) is 12.1. The van der Waals surface area contributed by atoms with Crippen molar-refractivity contribution in [3.8, 4) is 0 Å². The predicted molar refractivity (Wildman–Crippen MR) is 222 cm³/mol. The molecular weight excluding hydrogens is 671 g/mol. The summed E-state index contributed by atoms with van der Waals surface area (Å²) in [6, 6.07) is -1.23. The average molecular weight is 756 g/mol. The minimum atomic E-state index is -4.44. The SMILES string of the molecule is CCCCCCCCCCC/C=C\CCCCCCCCC(O)C(=O)NC(CS(=O)(=O)O)C(O)/C=C/CCCCCCCCCCCCCCCC. The van der Waals surface area contributed by atoms with Crippen molar-refractivity contribution in [3.63, 3.8) is 0 Å². The molecule has 0 heterocycles. The molecule has 7 nitrogen and oxygen atoms in total. The molecule has 0 radical (unpaired) electrons. The number of hydrogen-bond donors (Lipinski definition) is 4. The first kappa shape index (κ1) is 50.8. The maximum absolute atomic E-state index is 12.6. The highest BCUT2D eigenvalue weighted by molar-refractivity contribution is 7.85. The van der Waals surface area contributed by atoms with Gasteiger partial charge in [0.15, 0.2) is 0 Å². The minimum absolute atomic E-state index is 0.275. The van der Waals surface area contributed by atoms with Gasteiger partial charge in [-0.15, -0.1) is 0 Å². The molecule has 0 aromatic heterocycles. The van der Waals surface area contributed by atoms with Crippen LogP contribution in [0.2, 0.25) is 0 Å². The van der Waals surface area contributed by atoms with Gasteiger partial charge in [0.2, 0.25) is 5.91 Å². The third-order valence-corrected chi connectivity index (χ3v) is 11.0. The second-order valence-corrected chi connectivity index (χ2v) is 17.0. The number of amides is 1. The molecule has 0 aliphatic heterocycles. The van der Waals surface area contributed by atoms with Gasteiger partial charge in [-0.25, -0.2) is 0 Å². The summed E-state index contributed by atoms with van der Waals surface area (Å²) in [5.74, 6) is -1.54. The molecule has 308 valence electrons. The standard InChI is InChI=1S/C44H85NO6S/c1-3-5-7-9-11-13-15-17-19-21-22-23-25-27-29-31-33-35-37-39-43(47)44(48)45-41(40-52(49,50)51)42(46)38-36-34-32-30-28-26-24-20-18-16-14-12-10-8-6-4-2/h22-23,36,38,41-43,46-47H,3-21,24-35,37,39-40H2,1-2H3,(H,45,48)(H,49,50,51)/b23-22-,38-36+. The van der Waals surface area contributed by atoms with E-state index >= 15 is 0 Å². The number of aliphatic hydroxyl groups is 2. The third kappa shape index (κ3) is 37.1. The highest BCUT2D eigenvalue weighted by Crippen LogP contribution is 2.15. The smallest absolute Gasteiger partial charge is 0.267 e. The first-order chi connectivity index (χ1) is 25.2. The van der Waals surface area contributed by atoms with Gasteiger partial charge in [-0.05, 0) is 44.9 Å². The summed E-state index contributed by atoms with van der Waals surface area (Å²) in [6.07, 6.45) is 45.2. The average Bonchev–Trinajstić information content (AvgIpc) is 3.11. The molecule has 0 spiro atoms. The number of carbonyl (C=O) groups is 1. The van der Waals surface area contributed by atoms with E-state index in [2.05, 4.69) is 31.3 Å². The fourth-order valence-electron chi connectivity index (χ4n) is 6.80. The molecule has 0 aliphatic rings. The Hall–Kier alpha value is -1.22. The number of allylic oxidation sites excluding steroid dienone is 3. The third-order valence-electron chi connectivity index (χ3n) is 10.2. The van der Waals surface area contributed by atoms with E-state index < -0.39 is 40.0 Å². The van der Waals surface area contributed by atoms with Gasteiger partial charge in [-0.1, -0.05) is 205 Å². The molecule has 0 fully saturated rings. The Balaban J connectivity index is 3.99. The van der Waals surface area contributed by atoms with Crippen molar-refractivity contribution in [1.29, 1.82) is 0 Å². The fourth-order valence-corrected chi connectivity index (χ4v) is 7.54. The van der Waals surface area contributed by atoms with Crippen LogP contribution >= 0.6 is 0 Å². The first-order valence-electron chi connectivity index (χ1n) is 22.1. The van der Waals surface area contributed by atoms with E-state index in [0.29, 0.717) is 6.42 Å². The Bertz CT molecular complexity index is 937. The van der Waals surface area contributed by atoms with Crippen molar-refractivity contribution < 1.29 is 28.0 Å². The zero-order valence-electron chi connectivity index (χ0n) is 34.1. The van der Waals surface area contributed by atoms with Gasteiger partial charge in [-0.2, -0.15) is 8.42 Å². The number of nitrogens with one attached hydrogen (secondary N) is 1. The zero-order chi connectivity index (χ0) is 38.4. The lowest BCUT2D eigenvalue weighted by Gasteiger charge is -2.22. The summed E-state index contributed by atoms with van der Waals surface area (Å²) in [7, 11) is -4.44. The summed E-state index contributed by atoms with van der Waals surface area (Å²) < 4.78 is 32.6. The van der Waals surface area contributed by atoms with Crippen molar-refractivity contribution in [2.24, 2.45) is 0 Å². The number of rotatable bonds is 40. The van der Waals surface area contributed by atoms with Gasteiger partial charge in [0.1, 0.15) is 6.10 Å². The van der Waals surface area contributed by atoms with Crippen LogP contribution in [0.1, 0.15) is 226 Å². The van der Waals surface area contributed by atoms with Gasteiger partial charge in [0.25, 0.3) is 10.1 Å². The summed E-state index contributed by atoms with van der Waals surface area (Å²) in [6.45, 7) is 4.52. The highest BCUT2D eigenvalue weighted by Gasteiger charge is 2.27. The second kappa shape index (κ2) is 38.1. The van der Waals surface area contributed by atoms with Crippen LogP contribution in [-0.4, -0.2) is 53.1 Å². The van der Waals surface area contributed by atoms with Gasteiger partial charge in [-0.3, -0.25) is 9.35 Å². The molecule has 1 amide bonds. The molecule has 52 heavy (non-hydrogen) atoms. The number of hydrogen-bond acceptors (Lipinski definition) is 5. The molecule has 3 unspecified atom stereocenters. The lowest BCUT2D eigenvalue weighted by molar-refractivity contribution is -0.130. The van der Waals surface area contributed by atoms with Crippen LogP contribution in [-0.2, 0) is 14.9 Å². The second-order valence-electron chi connectivity index (χ2n) is 15.5. The van der Waals surface area contributed by atoms with Crippen LogP contribution in [0.4, 0.5) is 0 Å². The summed E-state index contributed by atoms with van der Waals surface area (Å²) in [5.41, 5.74) is 0. The normalized spacial score (nSPS) is 14.0. The maximum atomic E-state index is 12.6. The van der Waals surface area contributed by atoms with Crippen LogP contribution in [0.5, 0.6) is 0 Å². The molecule has 0 saturated heterocycles. The Morgan fingerprint density at radius 2 is 0.846 bits per heavy atom. The quantitative estimate of drug-likeness (QED) is 0.0280. The molecular formula is C44H85NO6S. The number of carbonyl (C=O) groups excluding carboxylic acids is 1. The molecule has 0 rings (SSSR count). The lowest BCUT2D eigenvalue weighted by Crippen LogP contribution is -2.50. The molecule has 4 N–H and O–H groups in total.